The Labute approximate surface area is 384 Å². The number of fused-ring (bicyclic) bond motifs is 1. The maximum absolute atomic E-state index is 14.9. The molecule has 1 aromatic heterocycles. The van der Waals surface area contributed by atoms with E-state index >= 15 is 0 Å². The first-order chi connectivity index (χ1) is 30.6. The van der Waals surface area contributed by atoms with Crippen LogP contribution < -0.4 is 15.6 Å². The summed E-state index contributed by atoms with van der Waals surface area (Å²) in [6.07, 6.45) is 8.58. The lowest BCUT2D eigenvalue weighted by Crippen LogP contribution is -2.45. The summed E-state index contributed by atoms with van der Waals surface area (Å²) in [7, 11) is -0.808. The van der Waals surface area contributed by atoms with Crippen LogP contribution >= 0.6 is 23.2 Å². The number of amides is 4. The molecule has 19 heteroatoms. The summed E-state index contributed by atoms with van der Waals surface area (Å²) in [5.41, 5.74) is 0.0316. The summed E-state index contributed by atoms with van der Waals surface area (Å²) in [5, 5.41) is 4.07. The first kappa shape index (κ1) is 49.9. The minimum absolute atomic E-state index is 0.00773. The van der Waals surface area contributed by atoms with Crippen LogP contribution in [0.25, 0.3) is 10.9 Å². The predicted molar refractivity (Wildman–Crippen MR) is 247 cm³/mol. The summed E-state index contributed by atoms with van der Waals surface area (Å²) >= 11 is 12.9. The maximum Gasteiger partial charge on any atom is 0.330 e. The molecule has 1 aliphatic rings. The van der Waals surface area contributed by atoms with Gasteiger partial charge in [-0.05, 0) is 55.3 Å². The molecule has 2 atom stereocenters. The summed E-state index contributed by atoms with van der Waals surface area (Å²) in [6, 6.07) is 14.4. The van der Waals surface area contributed by atoms with Gasteiger partial charge in [-0.1, -0.05) is 118 Å². The van der Waals surface area contributed by atoms with Gasteiger partial charge in [0.1, 0.15) is 5.82 Å². The Morgan fingerprint density at radius 3 is 2.20 bits per heavy atom. The van der Waals surface area contributed by atoms with E-state index in [0.29, 0.717) is 16.9 Å². The van der Waals surface area contributed by atoms with Crippen LogP contribution in [0.15, 0.2) is 71.5 Å². The van der Waals surface area contributed by atoms with Gasteiger partial charge in [-0.3, -0.25) is 33.4 Å². The van der Waals surface area contributed by atoms with E-state index in [1.165, 1.54) is 87.7 Å². The van der Waals surface area contributed by atoms with Crippen LogP contribution in [0.4, 0.5) is 16.2 Å². The van der Waals surface area contributed by atoms with Crippen molar-refractivity contribution in [2.24, 2.45) is 0 Å². The molecule has 0 aliphatic carbocycles. The smallest absolute Gasteiger partial charge is 0.330 e. The molecule has 0 spiro atoms. The van der Waals surface area contributed by atoms with Gasteiger partial charge < -0.3 is 14.9 Å². The Morgan fingerprint density at radius 1 is 0.875 bits per heavy atom. The van der Waals surface area contributed by atoms with Crippen LogP contribution in [0.1, 0.15) is 102 Å². The standard InChI is InChI=1S/C45H57Cl2N7O9S/c1-5-7-8-9-10-11-12-13-14-18-27-64(60,61)50-33-22-23-35(47)37(29-33)49-41(56)39(54-43(58)44(62-6-2)53(45(54)59)30-31-19-16-15-17-20-31)40-48-36-24-21-32(46)28-34(36)42(57)52(40)26-25-38(55)63-51(3)4/h15-17,19-24,28-29,39,44,50H,5-14,18,25-27,30H2,1-4H3,(H,49,56). The second kappa shape index (κ2) is 23.7. The molecule has 2 heterocycles. The molecule has 3 aromatic carbocycles. The fraction of sp³-hybridized carbons (Fsp3) is 0.467. The highest BCUT2D eigenvalue weighted by atomic mass is 35.5. The largest absolute Gasteiger partial charge is 0.368 e. The summed E-state index contributed by atoms with van der Waals surface area (Å²) in [4.78, 5) is 82.9. The van der Waals surface area contributed by atoms with Crippen molar-refractivity contribution >= 4 is 79.3 Å². The van der Waals surface area contributed by atoms with Crippen molar-refractivity contribution in [1.82, 2.24) is 24.4 Å². The predicted octanol–water partition coefficient (Wildman–Crippen LogP) is 8.28. The molecular weight excluding hydrogens is 886 g/mol. The van der Waals surface area contributed by atoms with Gasteiger partial charge in [-0.2, -0.15) is 0 Å². The molecule has 0 radical (unpaired) electrons. The van der Waals surface area contributed by atoms with Crippen molar-refractivity contribution in [2.45, 2.75) is 110 Å². The number of aromatic nitrogens is 2. The lowest BCUT2D eigenvalue weighted by molar-refractivity contribution is -0.178. The number of nitrogens with one attached hydrogen (secondary N) is 2. The third kappa shape index (κ3) is 13.5. The van der Waals surface area contributed by atoms with Gasteiger partial charge in [-0.25, -0.2) is 23.1 Å². The van der Waals surface area contributed by atoms with Crippen LogP contribution in [-0.4, -0.2) is 89.3 Å². The number of imide groups is 1. The van der Waals surface area contributed by atoms with Gasteiger partial charge in [-0.15, -0.1) is 5.06 Å². The number of carbonyl (C=O) groups is 4. The highest BCUT2D eigenvalue weighted by Gasteiger charge is 2.52. The Hall–Kier alpha value is -5.07. The average molecular weight is 943 g/mol. The van der Waals surface area contributed by atoms with Gasteiger partial charge in [0.2, 0.25) is 16.3 Å². The molecule has 1 saturated heterocycles. The van der Waals surface area contributed by atoms with Crippen molar-refractivity contribution in [1.29, 1.82) is 0 Å². The number of benzene rings is 3. The molecule has 64 heavy (non-hydrogen) atoms. The summed E-state index contributed by atoms with van der Waals surface area (Å²) in [5.74, 6) is -3.19. The number of unbranched alkanes of at least 4 members (excludes halogenated alkanes) is 9. The third-order valence-corrected chi connectivity index (χ3v) is 12.4. The van der Waals surface area contributed by atoms with Crippen molar-refractivity contribution in [2.75, 3.05) is 36.5 Å². The minimum Gasteiger partial charge on any atom is -0.368 e. The molecule has 0 bridgehead atoms. The van der Waals surface area contributed by atoms with E-state index in [1.54, 1.807) is 37.3 Å². The van der Waals surface area contributed by atoms with Gasteiger partial charge in [0.25, 0.3) is 17.4 Å². The van der Waals surface area contributed by atoms with E-state index < -0.39 is 58.2 Å². The number of hydrogen-bond acceptors (Lipinski definition) is 11. The monoisotopic (exact) mass is 941 g/mol. The number of sulfonamides is 1. The summed E-state index contributed by atoms with van der Waals surface area (Å²) in [6.45, 7) is 3.38. The van der Waals surface area contributed by atoms with Crippen molar-refractivity contribution in [3.05, 3.63) is 98.5 Å². The van der Waals surface area contributed by atoms with E-state index in [1.807, 2.05) is 0 Å². The fourth-order valence-corrected chi connectivity index (χ4v) is 8.92. The van der Waals surface area contributed by atoms with Crippen LogP contribution in [0.2, 0.25) is 10.0 Å². The van der Waals surface area contributed by atoms with Crippen LogP contribution in [0, 0.1) is 0 Å². The zero-order chi connectivity index (χ0) is 46.4. The molecule has 5 rings (SSSR count). The molecule has 1 aliphatic heterocycles. The van der Waals surface area contributed by atoms with Crippen molar-refractivity contribution in [3.8, 4) is 0 Å². The zero-order valence-electron chi connectivity index (χ0n) is 36.7. The van der Waals surface area contributed by atoms with Gasteiger partial charge in [0, 0.05) is 32.3 Å². The Bertz CT molecular complexity index is 2440. The zero-order valence-corrected chi connectivity index (χ0v) is 39.0. The number of halogens is 2. The lowest BCUT2D eigenvalue weighted by Gasteiger charge is -2.27. The molecule has 16 nitrogen and oxygen atoms in total. The number of hydroxylamine groups is 2. The Morgan fingerprint density at radius 2 is 1.55 bits per heavy atom. The average Bonchev–Trinajstić information content (AvgIpc) is 3.46. The molecule has 346 valence electrons. The summed E-state index contributed by atoms with van der Waals surface area (Å²) < 4.78 is 35.8. The van der Waals surface area contributed by atoms with Gasteiger partial charge in [0.05, 0.1) is 46.0 Å². The van der Waals surface area contributed by atoms with E-state index in [9.17, 15) is 32.4 Å². The van der Waals surface area contributed by atoms with Crippen LogP contribution in [0.3, 0.4) is 0 Å². The first-order valence-corrected chi connectivity index (χ1v) is 24.0. The third-order valence-electron chi connectivity index (χ3n) is 10.5. The maximum atomic E-state index is 14.9. The lowest BCUT2D eigenvalue weighted by atomic mass is 10.1. The van der Waals surface area contributed by atoms with Crippen molar-refractivity contribution < 1.29 is 37.2 Å². The highest BCUT2D eigenvalue weighted by Crippen LogP contribution is 2.34. The molecule has 4 aromatic rings. The minimum atomic E-state index is -3.81. The number of urea groups is 1. The Balaban J connectivity index is 1.50. The number of nitrogens with zero attached hydrogens (tertiary/aromatic N) is 5. The van der Waals surface area contributed by atoms with Gasteiger partial charge >= 0.3 is 12.0 Å². The number of ether oxygens (including phenoxy) is 1. The highest BCUT2D eigenvalue weighted by molar-refractivity contribution is 7.92. The second-order valence-corrected chi connectivity index (χ2v) is 18.4. The molecule has 1 fully saturated rings. The fourth-order valence-electron chi connectivity index (χ4n) is 7.41. The van der Waals surface area contributed by atoms with E-state index in [-0.39, 0.29) is 63.5 Å². The molecule has 0 saturated carbocycles. The topological polar surface area (TPSA) is 190 Å². The number of anilines is 2. The SMILES string of the molecule is CCCCCCCCCCCCS(=O)(=O)Nc1ccc(Cl)c(NC(=O)C(c2nc3ccc(Cl)cc3c(=O)n2CCC(=O)ON(C)C)N2C(=O)C(OCC)N(Cc3ccccc3)C2=O)c1. The van der Waals surface area contributed by atoms with Crippen molar-refractivity contribution in [3.63, 3.8) is 0 Å². The molecule has 2 N–H and O–H groups in total. The Kier molecular flexibility index (Phi) is 18.5. The van der Waals surface area contributed by atoms with E-state index in [2.05, 4.69) is 21.9 Å². The number of carbonyl (C=O) groups excluding carboxylic acids is 4. The van der Waals surface area contributed by atoms with Crippen LogP contribution in [-0.2, 0) is 47.1 Å². The molecular formula is C45H57Cl2N7O9S. The normalized spacial score (nSPS) is 14.7. The van der Waals surface area contributed by atoms with Gasteiger partial charge in [0.15, 0.2) is 6.04 Å². The van der Waals surface area contributed by atoms with E-state index in [4.69, 9.17) is 32.8 Å². The number of rotatable bonds is 25. The molecule has 4 amide bonds. The van der Waals surface area contributed by atoms with Crippen LogP contribution in [0.5, 0.6) is 0 Å². The second-order valence-electron chi connectivity index (χ2n) is 15.7. The quantitative estimate of drug-likeness (QED) is 0.0370. The first-order valence-electron chi connectivity index (χ1n) is 21.6. The van der Waals surface area contributed by atoms with E-state index in [0.717, 1.165) is 35.2 Å². The molecule has 2 unspecified atom stereocenters. The number of hydrogen-bond donors (Lipinski definition) is 2.